The Hall–Kier alpha value is -2.63. The number of hydrogen-bond donors (Lipinski definition) is 1. The molecular formula is C20H21ClF3N5O2S. The molecule has 0 fully saturated rings. The third kappa shape index (κ3) is 5.22. The number of benzene rings is 2. The highest BCUT2D eigenvalue weighted by atomic mass is 35.5. The van der Waals surface area contributed by atoms with Crippen LogP contribution in [0.2, 0.25) is 5.02 Å². The van der Waals surface area contributed by atoms with Gasteiger partial charge in [-0.15, -0.1) is 4.40 Å². The number of alkyl halides is 3. The van der Waals surface area contributed by atoms with Crippen LogP contribution in [0.25, 0.3) is 0 Å². The molecule has 1 heterocycles. The van der Waals surface area contributed by atoms with Crippen LogP contribution in [0.5, 0.6) is 0 Å². The molecule has 1 aliphatic rings. The molecule has 1 aliphatic heterocycles. The zero-order valence-electron chi connectivity index (χ0n) is 17.4. The fourth-order valence-corrected chi connectivity index (χ4v) is 3.81. The first kappa shape index (κ1) is 24.0. The summed E-state index contributed by atoms with van der Waals surface area (Å²) in [6, 6.07) is 11.7. The van der Waals surface area contributed by atoms with Crippen LogP contribution >= 0.6 is 11.6 Å². The lowest BCUT2D eigenvalue weighted by atomic mass is 9.89. The Morgan fingerprint density at radius 1 is 1.22 bits per heavy atom. The largest absolute Gasteiger partial charge is 0.416 e. The minimum absolute atomic E-state index is 0.0559. The molecule has 172 valence electrons. The van der Waals surface area contributed by atoms with Gasteiger partial charge in [0.15, 0.2) is 0 Å². The molecule has 1 N–H and O–H groups in total. The van der Waals surface area contributed by atoms with Gasteiger partial charge in [0, 0.05) is 32.1 Å². The van der Waals surface area contributed by atoms with Crippen molar-refractivity contribution in [2.45, 2.75) is 12.1 Å². The van der Waals surface area contributed by atoms with Crippen LogP contribution in [0.3, 0.4) is 0 Å². The average Bonchev–Trinajstić information content (AvgIpc) is 3.17. The summed E-state index contributed by atoms with van der Waals surface area (Å²) in [5.74, 6) is -0.626. The highest BCUT2D eigenvalue weighted by Crippen LogP contribution is 2.34. The van der Waals surface area contributed by atoms with Crippen LogP contribution in [0, 0.1) is 0 Å². The van der Waals surface area contributed by atoms with Gasteiger partial charge in [0.05, 0.1) is 17.8 Å². The van der Waals surface area contributed by atoms with Crippen LogP contribution in [0.1, 0.15) is 22.6 Å². The first-order chi connectivity index (χ1) is 14.9. The van der Waals surface area contributed by atoms with Crippen molar-refractivity contribution < 1.29 is 21.6 Å². The fraction of sp³-hybridized carbons (Fsp3) is 0.300. The quantitative estimate of drug-likeness (QED) is 0.528. The van der Waals surface area contributed by atoms with E-state index in [1.165, 1.54) is 32.2 Å². The molecule has 12 heteroatoms. The van der Waals surface area contributed by atoms with Gasteiger partial charge in [0.2, 0.25) is 5.96 Å². The Morgan fingerprint density at radius 3 is 2.44 bits per heavy atom. The molecule has 1 unspecified atom stereocenters. The number of rotatable bonds is 4. The smallest absolute Gasteiger partial charge is 0.357 e. The summed E-state index contributed by atoms with van der Waals surface area (Å²) in [7, 11) is 0.198. The third-order valence-corrected chi connectivity index (χ3v) is 6.38. The van der Waals surface area contributed by atoms with E-state index in [1.807, 2.05) is 0 Å². The maximum absolute atomic E-state index is 13.3. The average molecular weight is 488 g/mol. The topological polar surface area (TPSA) is 77.4 Å². The fourth-order valence-electron chi connectivity index (χ4n) is 3.12. The normalized spacial score (nSPS) is 17.6. The molecule has 0 saturated heterocycles. The first-order valence-electron chi connectivity index (χ1n) is 9.41. The van der Waals surface area contributed by atoms with Gasteiger partial charge in [-0.05, 0) is 29.3 Å². The second kappa shape index (κ2) is 9.08. The monoisotopic (exact) mass is 487 g/mol. The molecule has 32 heavy (non-hydrogen) atoms. The molecule has 0 radical (unpaired) electrons. The Morgan fingerprint density at radius 2 is 1.88 bits per heavy atom. The molecule has 1 atom stereocenters. The second-order valence-electron chi connectivity index (χ2n) is 7.18. The summed E-state index contributed by atoms with van der Waals surface area (Å²) in [5, 5.41) is 9.03. The molecule has 0 aromatic heterocycles. The molecule has 0 amide bonds. The lowest BCUT2D eigenvalue weighted by Gasteiger charge is -2.19. The molecule has 0 saturated carbocycles. The number of hydrogen-bond acceptors (Lipinski definition) is 3. The van der Waals surface area contributed by atoms with Crippen LogP contribution < -0.4 is 5.32 Å². The zero-order chi connectivity index (χ0) is 23.7. The minimum atomic E-state index is -4.50. The Kier molecular flexibility index (Phi) is 6.82. The Bertz CT molecular complexity index is 1150. The summed E-state index contributed by atoms with van der Waals surface area (Å²) in [6.07, 6.45) is -4.50. The van der Waals surface area contributed by atoms with Gasteiger partial charge in [-0.25, -0.2) is 5.01 Å². The maximum atomic E-state index is 13.3. The summed E-state index contributed by atoms with van der Waals surface area (Å²) in [5.41, 5.74) is 0.722. The van der Waals surface area contributed by atoms with Gasteiger partial charge in [0.25, 0.3) is 0 Å². The van der Waals surface area contributed by atoms with Gasteiger partial charge in [-0.1, -0.05) is 41.9 Å². The maximum Gasteiger partial charge on any atom is 0.416 e. The molecule has 0 aliphatic carbocycles. The highest BCUT2D eigenvalue weighted by Gasteiger charge is 2.35. The van der Waals surface area contributed by atoms with Crippen LogP contribution in [0.15, 0.2) is 58.0 Å². The molecule has 0 bridgehead atoms. The number of guanidine groups is 1. The summed E-state index contributed by atoms with van der Waals surface area (Å²) < 4.78 is 69.0. The lowest BCUT2D eigenvalue weighted by molar-refractivity contribution is -0.137. The molecule has 2 aromatic rings. The van der Waals surface area contributed by atoms with E-state index in [2.05, 4.69) is 14.8 Å². The van der Waals surface area contributed by atoms with Gasteiger partial charge in [-0.3, -0.25) is 0 Å². The molecular weight excluding hydrogens is 467 g/mol. The predicted molar refractivity (Wildman–Crippen MR) is 118 cm³/mol. The van der Waals surface area contributed by atoms with E-state index in [0.29, 0.717) is 21.9 Å². The molecule has 7 nitrogen and oxygen atoms in total. The van der Waals surface area contributed by atoms with E-state index in [0.717, 1.165) is 16.4 Å². The van der Waals surface area contributed by atoms with Crippen molar-refractivity contribution in [2.75, 3.05) is 27.7 Å². The minimum Gasteiger partial charge on any atom is -0.357 e. The van der Waals surface area contributed by atoms with Gasteiger partial charge < -0.3 is 5.32 Å². The second-order valence-corrected chi connectivity index (χ2v) is 9.42. The van der Waals surface area contributed by atoms with E-state index in [9.17, 15) is 21.6 Å². The Labute approximate surface area is 189 Å². The van der Waals surface area contributed by atoms with Crippen LogP contribution in [-0.2, 0) is 16.4 Å². The van der Waals surface area contributed by atoms with Crippen molar-refractivity contribution in [3.8, 4) is 0 Å². The number of nitrogens with zero attached hydrogens (tertiary/aromatic N) is 4. The zero-order valence-corrected chi connectivity index (χ0v) is 19.0. The van der Waals surface area contributed by atoms with Crippen LogP contribution in [0.4, 0.5) is 13.2 Å². The number of halogens is 4. The first-order valence-corrected chi connectivity index (χ1v) is 11.2. The van der Waals surface area contributed by atoms with E-state index in [1.54, 1.807) is 30.3 Å². The number of hydrazone groups is 1. The van der Waals surface area contributed by atoms with Crippen molar-refractivity contribution >= 4 is 33.5 Å². The summed E-state index contributed by atoms with van der Waals surface area (Å²) >= 11 is 5.97. The third-order valence-electron chi connectivity index (χ3n) is 4.80. The van der Waals surface area contributed by atoms with E-state index in [4.69, 9.17) is 11.6 Å². The number of nitrogens with one attached hydrogen (secondary N) is 1. The molecule has 3 rings (SSSR count). The van der Waals surface area contributed by atoms with E-state index >= 15 is 0 Å². The van der Waals surface area contributed by atoms with Crippen molar-refractivity contribution in [1.82, 2.24) is 14.6 Å². The van der Waals surface area contributed by atoms with E-state index < -0.39 is 27.9 Å². The lowest BCUT2D eigenvalue weighted by Crippen LogP contribution is -2.37. The Balaban J connectivity index is 2.09. The van der Waals surface area contributed by atoms with E-state index in [-0.39, 0.29) is 12.5 Å². The highest BCUT2D eigenvalue weighted by molar-refractivity contribution is 7.87. The van der Waals surface area contributed by atoms with Crippen molar-refractivity contribution in [1.29, 1.82) is 0 Å². The SMILES string of the molecule is CNC(=NS(=O)(=O)N(C)C)N1CC(c2cccc(C(F)(F)F)c2)C(c2ccc(Cl)cc2)=N1. The van der Waals surface area contributed by atoms with Crippen molar-refractivity contribution in [3.63, 3.8) is 0 Å². The van der Waals surface area contributed by atoms with Crippen molar-refractivity contribution in [3.05, 3.63) is 70.2 Å². The van der Waals surface area contributed by atoms with Gasteiger partial charge in [-0.2, -0.15) is 31.0 Å². The molecule has 2 aromatic carbocycles. The standard InChI is InChI=1S/C20H21ClF3N5O2S/c1-25-19(27-32(30,31)28(2)3)29-12-17(14-5-4-6-15(11-14)20(22,23)24)18(26-29)13-7-9-16(21)10-8-13/h4-11,17H,12H2,1-3H3,(H,25,27). The van der Waals surface area contributed by atoms with Gasteiger partial charge >= 0.3 is 16.4 Å². The van der Waals surface area contributed by atoms with Crippen LogP contribution in [-0.4, -0.2) is 57.1 Å². The summed E-state index contributed by atoms with van der Waals surface area (Å²) in [4.78, 5) is 0. The predicted octanol–water partition coefficient (Wildman–Crippen LogP) is 3.54. The molecule has 0 spiro atoms. The van der Waals surface area contributed by atoms with Gasteiger partial charge in [0.1, 0.15) is 0 Å². The van der Waals surface area contributed by atoms with Crippen molar-refractivity contribution in [2.24, 2.45) is 9.50 Å². The summed E-state index contributed by atoms with van der Waals surface area (Å²) in [6.45, 7) is 0.0852.